The van der Waals surface area contributed by atoms with Crippen LogP contribution in [0.3, 0.4) is 0 Å². The molecule has 0 bridgehead atoms. The minimum Gasteiger partial charge on any atom is -0.346 e. The number of nitrogens with one attached hydrogen (secondary N) is 2. The Kier molecular flexibility index (Phi) is 4.68. The van der Waals surface area contributed by atoms with E-state index in [4.69, 9.17) is 17.3 Å². The summed E-state index contributed by atoms with van der Waals surface area (Å²) in [5, 5.41) is 5.22. The first-order chi connectivity index (χ1) is 7.61. The molecule has 0 aliphatic heterocycles. The van der Waals surface area contributed by atoms with Crippen LogP contribution in [0.2, 0.25) is 5.15 Å². The number of carbonyl (C=O) groups is 2. The molecule has 0 aliphatic rings. The van der Waals surface area contributed by atoms with Gasteiger partial charge in [-0.15, -0.1) is 0 Å². The van der Waals surface area contributed by atoms with Crippen LogP contribution in [0.4, 0.5) is 5.69 Å². The number of hydrogen-bond donors (Lipinski definition) is 3. The van der Waals surface area contributed by atoms with E-state index in [9.17, 15) is 9.59 Å². The van der Waals surface area contributed by atoms with Gasteiger partial charge in [0.15, 0.2) is 0 Å². The van der Waals surface area contributed by atoms with Gasteiger partial charge < -0.3 is 16.4 Å². The number of halogens is 1. The standard InChI is InChI=1S/C9H11ClN4O2/c10-7-2-1-6(4-12-7)14-9(16)5-13-8(15)3-11/h1-2,4H,3,5,11H2,(H,13,15)(H,14,16). The molecule has 16 heavy (non-hydrogen) atoms. The summed E-state index contributed by atoms with van der Waals surface area (Å²) in [6, 6.07) is 3.16. The van der Waals surface area contributed by atoms with Crippen molar-refractivity contribution >= 4 is 29.1 Å². The predicted molar refractivity (Wildman–Crippen MR) is 59.9 cm³/mol. The van der Waals surface area contributed by atoms with Gasteiger partial charge in [0.25, 0.3) is 0 Å². The van der Waals surface area contributed by atoms with Crippen molar-refractivity contribution in [1.29, 1.82) is 0 Å². The first-order valence-electron chi connectivity index (χ1n) is 4.50. The molecular weight excluding hydrogens is 232 g/mol. The Hall–Kier alpha value is -1.66. The number of nitrogens with two attached hydrogens (primary N) is 1. The maximum Gasteiger partial charge on any atom is 0.243 e. The van der Waals surface area contributed by atoms with Crippen LogP contribution in [0, 0.1) is 0 Å². The molecule has 2 amide bonds. The third-order valence-corrected chi connectivity index (χ3v) is 1.87. The van der Waals surface area contributed by atoms with E-state index < -0.39 is 0 Å². The zero-order valence-electron chi connectivity index (χ0n) is 8.37. The van der Waals surface area contributed by atoms with Crippen molar-refractivity contribution in [2.24, 2.45) is 5.73 Å². The minimum atomic E-state index is -0.385. The average Bonchev–Trinajstić information content (AvgIpc) is 2.29. The van der Waals surface area contributed by atoms with Gasteiger partial charge in [0, 0.05) is 0 Å². The second-order valence-electron chi connectivity index (χ2n) is 2.90. The van der Waals surface area contributed by atoms with Crippen LogP contribution in [0.25, 0.3) is 0 Å². The lowest BCUT2D eigenvalue weighted by atomic mass is 10.4. The fraction of sp³-hybridized carbons (Fsp3) is 0.222. The molecule has 0 spiro atoms. The highest BCUT2D eigenvalue weighted by atomic mass is 35.5. The van der Waals surface area contributed by atoms with Gasteiger partial charge in [-0.05, 0) is 12.1 Å². The molecule has 0 unspecified atom stereocenters. The molecule has 0 atom stereocenters. The molecule has 0 radical (unpaired) electrons. The van der Waals surface area contributed by atoms with E-state index in [0.717, 1.165) is 0 Å². The molecule has 0 aliphatic carbocycles. The van der Waals surface area contributed by atoms with Crippen LogP contribution < -0.4 is 16.4 Å². The third-order valence-electron chi connectivity index (χ3n) is 1.64. The number of nitrogens with zero attached hydrogens (tertiary/aromatic N) is 1. The van der Waals surface area contributed by atoms with Crippen molar-refractivity contribution in [3.8, 4) is 0 Å². The van der Waals surface area contributed by atoms with E-state index in [1.807, 2.05) is 0 Å². The molecule has 1 rings (SSSR count). The van der Waals surface area contributed by atoms with Gasteiger partial charge in [-0.1, -0.05) is 11.6 Å². The van der Waals surface area contributed by atoms with E-state index in [1.165, 1.54) is 6.20 Å². The highest BCUT2D eigenvalue weighted by Gasteiger charge is 2.04. The lowest BCUT2D eigenvalue weighted by molar-refractivity contribution is -0.123. The number of anilines is 1. The summed E-state index contributed by atoms with van der Waals surface area (Å²) in [6.07, 6.45) is 1.42. The monoisotopic (exact) mass is 242 g/mol. The Morgan fingerprint density at radius 3 is 2.69 bits per heavy atom. The van der Waals surface area contributed by atoms with Gasteiger partial charge in [-0.3, -0.25) is 9.59 Å². The molecule has 0 fully saturated rings. The van der Waals surface area contributed by atoms with Gasteiger partial charge in [-0.2, -0.15) is 0 Å². The molecule has 0 saturated carbocycles. The highest BCUT2D eigenvalue weighted by Crippen LogP contribution is 2.08. The SMILES string of the molecule is NCC(=O)NCC(=O)Nc1ccc(Cl)nc1. The Labute approximate surface area is 97.2 Å². The van der Waals surface area contributed by atoms with E-state index in [1.54, 1.807) is 12.1 Å². The van der Waals surface area contributed by atoms with E-state index in [-0.39, 0.29) is 24.9 Å². The molecule has 7 heteroatoms. The molecule has 4 N–H and O–H groups in total. The van der Waals surface area contributed by atoms with Crippen molar-refractivity contribution in [1.82, 2.24) is 10.3 Å². The zero-order chi connectivity index (χ0) is 12.0. The molecule has 1 aromatic heterocycles. The van der Waals surface area contributed by atoms with Gasteiger partial charge in [0.1, 0.15) is 5.15 Å². The predicted octanol–water partition coefficient (Wildman–Crippen LogP) is -0.252. The molecule has 1 heterocycles. The molecular formula is C9H11ClN4O2. The Morgan fingerprint density at radius 2 is 2.12 bits per heavy atom. The number of carbonyl (C=O) groups excluding carboxylic acids is 2. The number of aromatic nitrogens is 1. The summed E-state index contributed by atoms with van der Waals surface area (Å²) in [7, 11) is 0. The second-order valence-corrected chi connectivity index (χ2v) is 3.29. The number of rotatable bonds is 4. The van der Waals surface area contributed by atoms with Crippen molar-refractivity contribution in [3.05, 3.63) is 23.5 Å². The van der Waals surface area contributed by atoms with Gasteiger partial charge in [0.05, 0.1) is 25.0 Å². The summed E-state index contributed by atoms with van der Waals surface area (Å²) < 4.78 is 0. The first kappa shape index (κ1) is 12.4. The third kappa shape index (κ3) is 4.24. The highest BCUT2D eigenvalue weighted by molar-refractivity contribution is 6.29. The lowest BCUT2D eigenvalue weighted by Crippen LogP contribution is -2.36. The maximum atomic E-state index is 11.3. The largest absolute Gasteiger partial charge is 0.346 e. The van der Waals surface area contributed by atoms with Crippen LogP contribution in [0.15, 0.2) is 18.3 Å². The molecule has 86 valence electrons. The molecule has 6 nitrogen and oxygen atoms in total. The fourth-order valence-electron chi connectivity index (χ4n) is 0.906. The average molecular weight is 243 g/mol. The van der Waals surface area contributed by atoms with Crippen molar-refractivity contribution in [3.63, 3.8) is 0 Å². The van der Waals surface area contributed by atoms with Crippen LogP contribution >= 0.6 is 11.6 Å². The Bertz CT molecular complexity index is 380. The van der Waals surface area contributed by atoms with E-state index >= 15 is 0 Å². The maximum absolute atomic E-state index is 11.3. The van der Waals surface area contributed by atoms with Gasteiger partial charge >= 0.3 is 0 Å². The summed E-state index contributed by atoms with van der Waals surface area (Å²) >= 11 is 5.58. The lowest BCUT2D eigenvalue weighted by Gasteiger charge is -2.05. The van der Waals surface area contributed by atoms with Crippen molar-refractivity contribution < 1.29 is 9.59 Å². The van der Waals surface area contributed by atoms with E-state index in [2.05, 4.69) is 15.6 Å². The molecule has 0 saturated heterocycles. The summed E-state index contributed by atoms with van der Waals surface area (Å²) in [6.45, 7) is -0.269. The number of pyridine rings is 1. The van der Waals surface area contributed by atoms with Crippen LogP contribution in [-0.2, 0) is 9.59 Å². The fourth-order valence-corrected chi connectivity index (χ4v) is 1.02. The number of hydrogen-bond acceptors (Lipinski definition) is 4. The topological polar surface area (TPSA) is 97.1 Å². The van der Waals surface area contributed by atoms with Crippen molar-refractivity contribution in [2.75, 3.05) is 18.4 Å². The second kappa shape index (κ2) is 6.04. The Morgan fingerprint density at radius 1 is 1.38 bits per heavy atom. The summed E-state index contributed by atoms with van der Waals surface area (Å²) in [4.78, 5) is 25.8. The summed E-state index contributed by atoms with van der Waals surface area (Å²) in [5.74, 6) is -0.740. The molecule has 0 aromatic carbocycles. The van der Waals surface area contributed by atoms with Crippen LogP contribution in [-0.4, -0.2) is 29.9 Å². The van der Waals surface area contributed by atoms with Crippen LogP contribution in [0.5, 0.6) is 0 Å². The number of amides is 2. The van der Waals surface area contributed by atoms with Gasteiger partial charge in [0.2, 0.25) is 11.8 Å². The summed E-state index contributed by atoms with van der Waals surface area (Å²) in [5.41, 5.74) is 5.57. The Balaban J connectivity index is 2.40. The zero-order valence-corrected chi connectivity index (χ0v) is 9.12. The smallest absolute Gasteiger partial charge is 0.243 e. The quantitative estimate of drug-likeness (QED) is 0.634. The van der Waals surface area contributed by atoms with Gasteiger partial charge in [-0.25, -0.2) is 4.98 Å². The first-order valence-corrected chi connectivity index (χ1v) is 4.88. The van der Waals surface area contributed by atoms with E-state index in [0.29, 0.717) is 10.8 Å². The van der Waals surface area contributed by atoms with Crippen LogP contribution in [0.1, 0.15) is 0 Å². The minimum absolute atomic E-state index is 0.126. The molecule has 1 aromatic rings. The van der Waals surface area contributed by atoms with Crippen molar-refractivity contribution in [2.45, 2.75) is 0 Å². The normalized spacial score (nSPS) is 9.62.